The van der Waals surface area contributed by atoms with Gasteiger partial charge in [0.2, 0.25) is 0 Å². The topological polar surface area (TPSA) is 24.7 Å². The van der Waals surface area contributed by atoms with Crippen LogP contribution in [0, 0.1) is 0 Å². The zero-order chi connectivity index (χ0) is 14.2. The minimum Gasteiger partial charge on any atom is -0.186 e. The highest BCUT2D eigenvalue weighted by molar-refractivity contribution is 6.30. The quantitative estimate of drug-likeness (QED) is 0.733. The summed E-state index contributed by atoms with van der Waals surface area (Å²) in [5.74, 6) is 0. The van der Waals surface area contributed by atoms with Crippen LogP contribution in [0.15, 0.2) is 70.4 Å². The molecule has 1 aliphatic heterocycles. The van der Waals surface area contributed by atoms with Gasteiger partial charge in [0.15, 0.2) is 0 Å². The molecule has 1 saturated carbocycles. The van der Waals surface area contributed by atoms with Gasteiger partial charge in [-0.1, -0.05) is 54.1 Å². The Hall–Kier alpha value is -1.93. The van der Waals surface area contributed by atoms with Gasteiger partial charge in [0.05, 0.1) is 12.1 Å². The van der Waals surface area contributed by atoms with E-state index in [1.54, 1.807) is 0 Å². The molecule has 1 heterocycles. The molecule has 0 spiro atoms. The van der Waals surface area contributed by atoms with Crippen LogP contribution >= 0.6 is 11.6 Å². The second-order valence-corrected chi connectivity index (χ2v) is 5.98. The third-order valence-corrected chi connectivity index (χ3v) is 4.51. The fourth-order valence-corrected chi connectivity index (χ4v) is 3.43. The van der Waals surface area contributed by atoms with Gasteiger partial charge in [-0.25, -0.2) is 0 Å². The van der Waals surface area contributed by atoms with Gasteiger partial charge in [-0.2, -0.15) is 10.2 Å². The SMILES string of the molecule is Clc1ccc(C(=C2[C@@H]3CC[C@H]2N=N3)c2ccccc2)cc1. The molecule has 0 radical (unpaired) electrons. The molecule has 2 aliphatic rings. The second-order valence-electron chi connectivity index (χ2n) is 5.54. The lowest BCUT2D eigenvalue weighted by molar-refractivity contribution is 0.643. The van der Waals surface area contributed by atoms with Gasteiger partial charge in [-0.3, -0.25) is 0 Å². The highest BCUT2D eigenvalue weighted by Crippen LogP contribution is 2.43. The van der Waals surface area contributed by atoms with Gasteiger partial charge in [-0.15, -0.1) is 0 Å². The molecule has 2 nitrogen and oxygen atoms in total. The predicted molar refractivity (Wildman–Crippen MR) is 85.6 cm³/mol. The maximum absolute atomic E-state index is 6.04. The highest BCUT2D eigenvalue weighted by atomic mass is 35.5. The largest absolute Gasteiger partial charge is 0.186 e. The molecule has 0 N–H and O–H groups in total. The molecule has 0 aromatic heterocycles. The van der Waals surface area contributed by atoms with Gasteiger partial charge in [0.1, 0.15) is 0 Å². The summed E-state index contributed by atoms with van der Waals surface area (Å²) in [6.45, 7) is 0. The van der Waals surface area contributed by atoms with Crippen LogP contribution in [0.25, 0.3) is 5.57 Å². The van der Waals surface area contributed by atoms with Crippen LogP contribution in [-0.4, -0.2) is 12.1 Å². The third kappa shape index (κ3) is 2.20. The smallest absolute Gasteiger partial charge is 0.0949 e. The molecule has 3 heteroatoms. The van der Waals surface area contributed by atoms with Gasteiger partial charge >= 0.3 is 0 Å². The number of benzene rings is 2. The van der Waals surface area contributed by atoms with Crippen LogP contribution in [-0.2, 0) is 0 Å². The van der Waals surface area contributed by atoms with Gasteiger partial charge in [-0.05, 0) is 47.2 Å². The molecule has 2 aromatic rings. The van der Waals surface area contributed by atoms with E-state index in [-0.39, 0.29) is 12.1 Å². The van der Waals surface area contributed by atoms with Crippen LogP contribution in [0.4, 0.5) is 0 Å². The Labute approximate surface area is 129 Å². The molecular formula is C18H15ClN2. The van der Waals surface area contributed by atoms with Crippen molar-refractivity contribution in [2.75, 3.05) is 0 Å². The van der Waals surface area contributed by atoms with Crippen molar-refractivity contribution in [1.29, 1.82) is 0 Å². The van der Waals surface area contributed by atoms with Crippen molar-refractivity contribution in [3.05, 3.63) is 76.3 Å². The lowest BCUT2D eigenvalue weighted by atomic mass is 9.90. The zero-order valence-electron chi connectivity index (χ0n) is 11.5. The Morgan fingerprint density at radius 1 is 0.810 bits per heavy atom. The van der Waals surface area contributed by atoms with E-state index in [4.69, 9.17) is 11.6 Å². The van der Waals surface area contributed by atoms with E-state index in [0.717, 1.165) is 17.9 Å². The lowest BCUT2D eigenvalue weighted by Crippen LogP contribution is -2.05. The Morgan fingerprint density at radius 3 is 1.95 bits per heavy atom. The van der Waals surface area contributed by atoms with Crippen molar-refractivity contribution < 1.29 is 0 Å². The number of nitrogens with zero attached hydrogens (tertiary/aromatic N) is 2. The number of rotatable bonds is 2. The van der Waals surface area contributed by atoms with E-state index in [9.17, 15) is 0 Å². The molecule has 4 rings (SSSR count). The van der Waals surface area contributed by atoms with Crippen molar-refractivity contribution in [2.24, 2.45) is 10.2 Å². The van der Waals surface area contributed by atoms with E-state index in [2.05, 4.69) is 46.6 Å². The Morgan fingerprint density at radius 2 is 1.38 bits per heavy atom. The molecule has 0 unspecified atom stereocenters. The molecule has 1 aliphatic carbocycles. The molecule has 1 fully saturated rings. The standard InChI is InChI=1S/C18H15ClN2/c19-14-8-6-13(7-9-14)17(12-4-2-1-3-5-12)18-15-10-11-16(18)21-20-15/h1-9,15-16H,10-11H2/t15-,16+. The number of hydrogen-bond acceptors (Lipinski definition) is 2. The Kier molecular flexibility index (Phi) is 3.12. The molecular weight excluding hydrogens is 280 g/mol. The average molecular weight is 295 g/mol. The first kappa shape index (κ1) is 12.8. The highest BCUT2D eigenvalue weighted by Gasteiger charge is 2.38. The summed E-state index contributed by atoms with van der Waals surface area (Å²) < 4.78 is 0. The van der Waals surface area contributed by atoms with Gasteiger partial charge < -0.3 is 0 Å². The number of hydrogen-bond donors (Lipinski definition) is 0. The molecule has 2 bridgehead atoms. The minimum atomic E-state index is 0.265. The van der Waals surface area contributed by atoms with Gasteiger partial charge in [0.25, 0.3) is 0 Å². The molecule has 0 saturated heterocycles. The van der Waals surface area contributed by atoms with Crippen LogP contribution in [0.5, 0.6) is 0 Å². The summed E-state index contributed by atoms with van der Waals surface area (Å²) in [4.78, 5) is 0. The summed E-state index contributed by atoms with van der Waals surface area (Å²) in [6.07, 6.45) is 2.24. The van der Waals surface area contributed by atoms with Gasteiger partial charge in [0, 0.05) is 5.02 Å². The van der Waals surface area contributed by atoms with E-state index in [1.807, 2.05) is 18.2 Å². The molecule has 2 aromatic carbocycles. The summed E-state index contributed by atoms with van der Waals surface area (Å²) in [5, 5.41) is 9.60. The fraction of sp³-hybridized carbons (Fsp3) is 0.222. The van der Waals surface area contributed by atoms with E-state index >= 15 is 0 Å². The van der Waals surface area contributed by atoms with Crippen molar-refractivity contribution in [3.63, 3.8) is 0 Å². The normalized spacial score (nSPS) is 25.4. The zero-order valence-corrected chi connectivity index (χ0v) is 12.3. The monoisotopic (exact) mass is 294 g/mol. The Balaban J connectivity index is 1.92. The first-order valence-corrected chi connectivity index (χ1v) is 7.66. The maximum atomic E-state index is 6.04. The molecule has 104 valence electrons. The summed E-state index contributed by atoms with van der Waals surface area (Å²) in [7, 11) is 0. The van der Waals surface area contributed by atoms with Crippen molar-refractivity contribution >= 4 is 17.2 Å². The fourth-order valence-electron chi connectivity index (χ4n) is 3.30. The molecule has 2 atom stereocenters. The number of azo groups is 1. The molecule has 21 heavy (non-hydrogen) atoms. The van der Waals surface area contributed by atoms with E-state index in [1.165, 1.54) is 22.3 Å². The van der Waals surface area contributed by atoms with Crippen LogP contribution in [0.3, 0.4) is 0 Å². The predicted octanol–water partition coefficient (Wildman–Crippen LogP) is 5.14. The van der Waals surface area contributed by atoms with Crippen LogP contribution < -0.4 is 0 Å². The third-order valence-electron chi connectivity index (χ3n) is 4.26. The lowest BCUT2D eigenvalue weighted by Gasteiger charge is -2.14. The second kappa shape index (κ2) is 5.12. The van der Waals surface area contributed by atoms with Crippen molar-refractivity contribution in [2.45, 2.75) is 24.9 Å². The van der Waals surface area contributed by atoms with Crippen LogP contribution in [0.2, 0.25) is 5.02 Å². The van der Waals surface area contributed by atoms with Crippen molar-refractivity contribution in [1.82, 2.24) is 0 Å². The summed E-state index contributed by atoms with van der Waals surface area (Å²) >= 11 is 6.04. The molecule has 0 amide bonds. The number of halogens is 1. The maximum Gasteiger partial charge on any atom is 0.0949 e. The van der Waals surface area contributed by atoms with E-state index in [0.29, 0.717) is 0 Å². The Bertz CT molecular complexity index is 701. The minimum absolute atomic E-state index is 0.265. The number of fused-ring (bicyclic) bond motifs is 2. The van der Waals surface area contributed by atoms with E-state index < -0.39 is 0 Å². The van der Waals surface area contributed by atoms with Crippen molar-refractivity contribution in [3.8, 4) is 0 Å². The first-order valence-electron chi connectivity index (χ1n) is 7.28. The van der Waals surface area contributed by atoms with Crippen LogP contribution in [0.1, 0.15) is 24.0 Å². The summed E-state index contributed by atoms with van der Waals surface area (Å²) in [6, 6.07) is 19.1. The summed E-state index contributed by atoms with van der Waals surface area (Å²) in [5.41, 5.74) is 5.09. The first-order chi connectivity index (χ1) is 10.3. The average Bonchev–Trinajstić information content (AvgIpc) is 3.11.